The molecule has 0 unspecified atom stereocenters. The molecular weight excluding hydrogens is 226 g/mol. The monoisotopic (exact) mass is 243 g/mol. The largest absolute Gasteiger partial charge is 0.506 e. The van der Waals surface area contributed by atoms with E-state index in [0.29, 0.717) is 12.2 Å². The smallest absolute Gasteiger partial charge is 0.138 e. The van der Waals surface area contributed by atoms with Gasteiger partial charge in [0, 0.05) is 24.6 Å². The molecule has 0 atom stereocenters. The quantitative estimate of drug-likeness (QED) is 0.786. The summed E-state index contributed by atoms with van der Waals surface area (Å²) in [5.74, 6) is 0.245. The lowest BCUT2D eigenvalue weighted by Crippen LogP contribution is -2.17. The second-order valence-corrected chi connectivity index (χ2v) is 4.21. The van der Waals surface area contributed by atoms with Crippen molar-refractivity contribution in [3.63, 3.8) is 0 Å². The SMILES string of the molecule is Cc1ccc(O)c(CNCCc2cccnc2)n1. The zero-order valence-electron chi connectivity index (χ0n) is 10.4. The predicted molar refractivity (Wildman–Crippen MR) is 70.3 cm³/mol. The van der Waals surface area contributed by atoms with Gasteiger partial charge in [-0.3, -0.25) is 9.97 Å². The van der Waals surface area contributed by atoms with Crippen LogP contribution in [0.1, 0.15) is 17.0 Å². The van der Waals surface area contributed by atoms with Crippen LogP contribution >= 0.6 is 0 Å². The highest BCUT2D eigenvalue weighted by Crippen LogP contribution is 2.13. The molecule has 0 saturated carbocycles. The Morgan fingerprint density at radius 1 is 1.28 bits per heavy atom. The summed E-state index contributed by atoms with van der Waals surface area (Å²) < 4.78 is 0. The Morgan fingerprint density at radius 3 is 2.94 bits per heavy atom. The molecule has 2 heterocycles. The molecule has 2 N–H and O–H groups in total. The lowest BCUT2D eigenvalue weighted by Gasteiger charge is -2.06. The second-order valence-electron chi connectivity index (χ2n) is 4.21. The average Bonchev–Trinajstić information content (AvgIpc) is 2.40. The van der Waals surface area contributed by atoms with Crippen molar-refractivity contribution in [3.05, 3.63) is 53.6 Å². The van der Waals surface area contributed by atoms with Gasteiger partial charge in [0.15, 0.2) is 0 Å². The molecule has 0 bridgehead atoms. The van der Waals surface area contributed by atoms with Gasteiger partial charge in [-0.15, -0.1) is 0 Å². The van der Waals surface area contributed by atoms with E-state index >= 15 is 0 Å². The van der Waals surface area contributed by atoms with Crippen molar-refractivity contribution in [1.82, 2.24) is 15.3 Å². The molecule has 4 nitrogen and oxygen atoms in total. The molecule has 0 aliphatic rings. The van der Waals surface area contributed by atoms with E-state index in [4.69, 9.17) is 0 Å². The Bertz CT molecular complexity index is 500. The number of hydrogen-bond donors (Lipinski definition) is 2. The third-order valence-corrected chi connectivity index (χ3v) is 2.70. The van der Waals surface area contributed by atoms with Crippen LogP contribution in [0.4, 0.5) is 0 Å². The van der Waals surface area contributed by atoms with Gasteiger partial charge in [0.05, 0.1) is 5.69 Å². The first-order valence-electron chi connectivity index (χ1n) is 6.01. The molecule has 0 fully saturated rings. The molecule has 94 valence electrons. The van der Waals surface area contributed by atoms with E-state index in [1.54, 1.807) is 18.3 Å². The number of hydrogen-bond acceptors (Lipinski definition) is 4. The first-order chi connectivity index (χ1) is 8.75. The summed E-state index contributed by atoms with van der Waals surface area (Å²) in [5, 5.41) is 12.9. The Balaban J connectivity index is 1.80. The van der Waals surface area contributed by atoms with E-state index < -0.39 is 0 Å². The Labute approximate surface area is 107 Å². The molecule has 2 aromatic heterocycles. The molecule has 4 heteroatoms. The molecule has 0 saturated heterocycles. The van der Waals surface area contributed by atoms with Gasteiger partial charge in [-0.05, 0) is 43.7 Å². The van der Waals surface area contributed by atoms with E-state index in [2.05, 4.69) is 21.4 Å². The van der Waals surface area contributed by atoms with Crippen LogP contribution in [0.15, 0.2) is 36.7 Å². The van der Waals surface area contributed by atoms with Crippen LogP contribution < -0.4 is 5.32 Å². The number of aromatic nitrogens is 2. The number of aryl methyl sites for hydroxylation is 1. The molecular formula is C14H17N3O. The molecule has 0 aromatic carbocycles. The van der Waals surface area contributed by atoms with E-state index in [9.17, 15) is 5.11 Å². The Hall–Kier alpha value is -1.94. The van der Waals surface area contributed by atoms with Crippen molar-refractivity contribution in [2.24, 2.45) is 0 Å². The van der Waals surface area contributed by atoms with E-state index in [1.165, 1.54) is 5.56 Å². The summed E-state index contributed by atoms with van der Waals surface area (Å²) in [6.45, 7) is 3.33. The molecule has 2 aromatic rings. The zero-order valence-corrected chi connectivity index (χ0v) is 10.4. The van der Waals surface area contributed by atoms with Gasteiger partial charge >= 0.3 is 0 Å². The summed E-state index contributed by atoms with van der Waals surface area (Å²) in [7, 11) is 0. The fourth-order valence-electron chi connectivity index (χ4n) is 1.72. The van der Waals surface area contributed by atoms with Crippen molar-refractivity contribution < 1.29 is 5.11 Å². The summed E-state index contributed by atoms with van der Waals surface area (Å²) in [6, 6.07) is 7.47. The van der Waals surface area contributed by atoms with E-state index in [1.807, 2.05) is 19.2 Å². The van der Waals surface area contributed by atoms with Gasteiger partial charge in [0.2, 0.25) is 0 Å². The van der Waals surface area contributed by atoms with Crippen molar-refractivity contribution in [2.75, 3.05) is 6.54 Å². The lowest BCUT2D eigenvalue weighted by atomic mass is 10.2. The van der Waals surface area contributed by atoms with E-state index in [0.717, 1.165) is 18.7 Å². The maximum Gasteiger partial charge on any atom is 0.138 e. The van der Waals surface area contributed by atoms with Crippen molar-refractivity contribution in [1.29, 1.82) is 0 Å². The summed E-state index contributed by atoms with van der Waals surface area (Å²) in [6.07, 6.45) is 4.55. The molecule has 0 amide bonds. The van der Waals surface area contributed by atoms with Crippen LogP contribution in [-0.2, 0) is 13.0 Å². The lowest BCUT2D eigenvalue weighted by molar-refractivity contribution is 0.459. The fourth-order valence-corrected chi connectivity index (χ4v) is 1.72. The van der Waals surface area contributed by atoms with Crippen LogP contribution in [-0.4, -0.2) is 21.6 Å². The average molecular weight is 243 g/mol. The van der Waals surface area contributed by atoms with Gasteiger partial charge < -0.3 is 10.4 Å². The van der Waals surface area contributed by atoms with Crippen LogP contribution in [0.3, 0.4) is 0 Å². The van der Waals surface area contributed by atoms with E-state index in [-0.39, 0.29) is 5.75 Å². The first kappa shape index (κ1) is 12.5. The summed E-state index contributed by atoms with van der Waals surface area (Å²) >= 11 is 0. The van der Waals surface area contributed by atoms with Crippen LogP contribution in [0, 0.1) is 6.92 Å². The summed E-state index contributed by atoms with van der Waals surface area (Å²) in [5.41, 5.74) is 2.81. The number of aromatic hydroxyl groups is 1. The van der Waals surface area contributed by atoms with Crippen LogP contribution in [0.25, 0.3) is 0 Å². The highest BCUT2D eigenvalue weighted by Gasteiger charge is 2.02. The minimum Gasteiger partial charge on any atom is -0.506 e. The number of nitrogens with zero attached hydrogens (tertiary/aromatic N) is 2. The van der Waals surface area contributed by atoms with Gasteiger partial charge in [-0.1, -0.05) is 6.07 Å². The molecule has 0 aliphatic carbocycles. The minimum absolute atomic E-state index is 0.245. The third-order valence-electron chi connectivity index (χ3n) is 2.70. The van der Waals surface area contributed by atoms with Crippen molar-refractivity contribution in [3.8, 4) is 5.75 Å². The van der Waals surface area contributed by atoms with Gasteiger partial charge in [-0.25, -0.2) is 0 Å². The van der Waals surface area contributed by atoms with Gasteiger partial charge in [0.25, 0.3) is 0 Å². The first-order valence-corrected chi connectivity index (χ1v) is 6.01. The molecule has 0 aliphatic heterocycles. The molecule has 0 radical (unpaired) electrons. The normalized spacial score (nSPS) is 10.5. The maximum atomic E-state index is 9.64. The standard InChI is InChI=1S/C14H17N3O/c1-11-4-5-14(18)13(17-11)10-16-8-6-12-3-2-7-15-9-12/h2-5,7,9,16,18H,6,8,10H2,1H3. The van der Waals surface area contributed by atoms with Crippen LogP contribution in [0.5, 0.6) is 5.75 Å². The highest BCUT2D eigenvalue weighted by atomic mass is 16.3. The number of rotatable bonds is 5. The second kappa shape index (κ2) is 6.12. The molecule has 2 rings (SSSR count). The van der Waals surface area contributed by atoms with Gasteiger partial charge in [0.1, 0.15) is 5.75 Å². The highest BCUT2D eigenvalue weighted by molar-refractivity contribution is 5.27. The summed E-state index contributed by atoms with van der Waals surface area (Å²) in [4.78, 5) is 8.36. The van der Waals surface area contributed by atoms with Crippen molar-refractivity contribution in [2.45, 2.75) is 19.9 Å². The topological polar surface area (TPSA) is 58.0 Å². The zero-order chi connectivity index (χ0) is 12.8. The van der Waals surface area contributed by atoms with Gasteiger partial charge in [-0.2, -0.15) is 0 Å². The predicted octanol–water partition coefficient (Wildman–Crippen LogP) is 1.82. The Kier molecular flexibility index (Phi) is 4.25. The molecule has 0 spiro atoms. The third kappa shape index (κ3) is 3.53. The fraction of sp³-hybridized carbons (Fsp3) is 0.286. The minimum atomic E-state index is 0.245. The molecule has 18 heavy (non-hydrogen) atoms. The van der Waals surface area contributed by atoms with Crippen LogP contribution in [0.2, 0.25) is 0 Å². The number of pyridine rings is 2. The maximum absolute atomic E-state index is 9.64. The Morgan fingerprint density at radius 2 is 2.17 bits per heavy atom. The number of nitrogens with one attached hydrogen (secondary N) is 1. The van der Waals surface area contributed by atoms with Crippen molar-refractivity contribution >= 4 is 0 Å².